The summed E-state index contributed by atoms with van der Waals surface area (Å²) in [7, 11) is 1.39. The van der Waals surface area contributed by atoms with Gasteiger partial charge in [-0.3, -0.25) is 0 Å². The molecule has 2 aromatic carbocycles. The maximum absolute atomic E-state index is 11.6. The molecular weight excluding hydrogens is 286 g/mol. The van der Waals surface area contributed by atoms with Crippen LogP contribution in [0.4, 0.5) is 5.69 Å². The third kappa shape index (κ3) is 3.03. The Hall–Kier alpha value is -2.00. The second kappa shape index (κ2) is 5.78. The Kier molecular flexibility index (Phi) is 3.84. The van der Waals surface area contributed by atoms with E-state index in [-0.39, 0.29) is 5.97 Å². The quantitative estimate of drug-likeness (QED) is 0.878. The van der Waals surface area contributed by atoms with E-state index in [1.54, 1.807) is 6.07 Å². The zero-order valence-electron chi connectivity index (χ0n) is 11.7. The van der Waals surface area contributed by atoms with Gasteiger partial charge in [0.2, 0.25) is 0 Å². The fraction of sp³-hybridized carbons (Fsp3) is 0.235. The first-order valence-corrected chi connectivity index (χ1v) is 7.26. The Morgan fingerprint density at radius 1 is 1.19 bits per heavy atom. The maximum Gasteiger partial charge on any atom is 0.337 e. The number of halogens is 1. The normalized spacial score (nSPS) is 16.4. The Bertz CT molecular complexity index is 684. The molecule has 0 amide bonds. The van der Waals surface area contributed by atoms with Gasteiger partial charge in [0, 0.05) is 16.8 Å². The van der Waals surface area contributed by atoms with E-state index >= 15 is 0 Å². The minimum Gasteiger partial charge on any atom is -0.465 e. The summed E-state index contributed by atoms with van der Waals surface area (Å²) in [5.41, 5.74) is 4.12. The van der Waals surface area contributed by atoms with Crippen LogP contribution < -0.4 is 5.32 Å². The molecular formula is C17H16ClNO2. The molecule has 0 radical (unpaired) electrons. The van der Waals surface area contributed by atoms with E-state index in [4.69, 9.17) is 16.3 Å². The van der Waals surface area contributed by atoms with Crippen LogP contribution in [0.2, 0.25) is 5.02 Å². The van der Waals surface area contributed by atoms with Gasteiger partial charge in [0.15, 0.2) is 0 Å². The monoisotopic (exact) mass is 301 g/mol. The predicted molar refractivity (Wildman–Crippen MR) is 84.1 cm³/mol. The molecule has 0 fully saturated rings. The Labute approximate surface area is 128 Å². The molecule has 1 aliphatic rings. The van der Waals surface area contributed by atoms with E-state index in [0.717, 1.165) is 23.6 Å². The number of anilines is 1. The second-order valence-electron chi connectivity index (χ2n) is 5.23. The van der Waals surface area contributed by atoms with Gasteiger partial charge in [-0.25, -0.2) is 4.79 Å². The molecule has 0 aromatic heterocycles. The number of methoxy groups -OCH3 is 1. The molecule has 3 nitrogen and oxygen atoms in total. The van der Waals surface area contributed by atoms with Gasteiger partial charge >= 0.3 is 5.97 Å². The molecule has 1 aliphatic carbocycles. The van der Waals surface area contributed by atoms with Gasteiger partial charge in [0.25, 0.3) is 0 Å². The van der Waals surface area contributed by atoms with Crippen LogP contribution >= 0.6 is 11.6 Å². The first-order valence-electron chi connectivity index (χ1n) is 6.88. The molecule has 2 aromatic rings. The first kappa shape index (κ1) is 14.0. The largest absolute Gasteiger partial charge is 0.465 e. The Morgan fingerprint density at radius 3 is 2.81 bits per heavy atom. The molecule has 0 aliphatic heterocycles. The highest BCUT2D eigenvalue weighted by Crippen LogP contribution is 2.27. The number of nitrogens with one attached hydrogen (secondary N) is 1. The summed E-state index contributed by atoms with van der Waals surface area (Å²) in [6.07, 6.45) is 1.91. The highest BCUT2D eigenvalue weighted by molar-refractivity contribution is 6.30. The first-order chi connectivity index (χ1) is 10.2. The van der Waals surface area contributed by atoms with E-state index in [1.807, 2.05) is 30.3 Å². The van der Waals surface area contributed by atoms with Crippen LogP contribution in [0, 0.1) is 0 Å². The van der Waals surface area contributed by atoms with Crippen LogP contribution in [-0.4, -0.2) is 19.1 Å². The van der Waals surface area contributed by atoms with E-state index in [9.17, 15) is 4.79 Å². The summed E-state index contributed by atoms with van der Waals surface area (Å²) in [5, 5.41) is 4.26. The lowest BCUT2D eigenvalue weighted by molar-refractivity contribution is 0.0601. The fourth-order valence-electron chi connectivity index (χ4n) is 2.78. The number of hydrogen-bond donors (Lipinski definition) is 1. The molecule has 0 spiro atoms. The van der Waals surface area contributed by atoms with Crippen molar-refractivity contribution in [3.63, 3.8) is 0 Å². The van der Waals surface area contributed by atoms with Crippen molar-refractivity contribution in [3.8, 4) is 0 Å². The summed E-state index contributed by atoms with van der Waals surface area (Å²) >= 11 is 6.03. The highest BCUT2D eigenvalue weighted by atomic mass is 35.5. The molecule has 1 atom stereocenters. The van der Waals surface area contributed by atoms with Crippen molar-refractivity contribution in [2.24, 2.45) is 0 Å². The SMILES string of the molecule is COC(=O)c1cccc(NC2Cc3ccc(Cl)cc3C2)c1. The number of esters is 1. The number of carbonyl (C=O) groups excluding carboxylic acids is 1. The lowest BCUT2D eigenvalue weighted by Gasteiger charge is -2.14. The summed E-state index contributed by atoms with van der Waals surface area (Å²) in [5.74, 6) is -0.319. The van der Waals surface area contributed by atoms with Gasteiger partial charge in [-0.05, 0) is 54.3 Å². The van der Waals surface area contributed by atoms with Crippen LogP contribution in [0.25, 0.3) is 0 Å². The van der Waals surface area contributed by atoms with Crippen LogP contribution in [0.5, 0.6) is 0 Å². The van der Waals surface area contributed by atoms with Gasteiger partial charge in [-0.15, -0.1) is 0 Å². The van der Waals surface area contributed by atoms with Crippen LogP contribution in [0.1, 0.15) is 21.5 Å². The number of hydrogen-bond acceptors (Lipinski definition) is 3. The van der Waals surface area contributed by atoms with Gasteiger partial charge in [-0.1, -0.05) is 23.7 Å². The Balaban J connectivity index is 1.73. The van der Waals surface area contributed by atoms with Crippen molar-refractivity contribution in [1.82, 2.24) is 0 Å². The molecule has 1 unspecified atom stereocenters. The predicted octanol–water partition coefficient (Wildman–Crippen LogP) is 3.71. The molecule has 3 rings (SSSR count). The number of fused-ring (bicyclic) bond motifs is 1. The third-order valence-corrected chi connectivity index (χ3v) is 3.99. The zero-order valence-corrected chi connectivity index (χ0v) is 12.5. The zero-order chi connectivity index (χ0) is 14.8. The standard InChI is InChI=1S/C17H16ClNO2/c1-21-17(20)12-3-2-4-15(9-12)19-16-8-11-5-6-14(18)7-13(11)10-16/h2-7,9,16,19H,8,10H2,1H3. The van der Waals surface area contributed by atoms with Crippen LogP contribution in [0.3, 0.4) is 0 Å². The average molecular weight is 302 g/mol. The molecule has 0 heterocycles. The van der Waals surface area contributed by atoms with Crippen molar-refractivity contribution in [2.75, 3.05) is 12.4 Å². The van der Waals surface area contributed by atoms with Crippen LogP contribution in [-0.2, 0) is 17.6 Å². The number of carbonyl (C=O) groups is 1. The van der Waals surface area contributed by atoms with E-state index in [1.165, 1.54) is 18.2 Å². The molecule has 0 saturated carbocycles. The summed E-state index contributed by atoms with van der Waals surface area (Å²) in [6.45, 7) is 0. The van der Waals surface area contributed by atoms with Crippen molar-refractivity contribution in [1.29, 1.82) is 0 Å². The van der Waals surface area contributed by atoms with Gasteiger partial charge in [0.1, 0.15) is 0 Å². The summed E-state index contributed by atoms with van der Waals surface area (Å²) < 4.78 is 4.74. The lowest BCUT2D eigenvalue weighted by Crippen LogP contribution is -2.19. The van der Waals surface area contributed by atoms with Gasteiger partial charge in [0.05, 0.1) is 12.7 Å². The van der Waals surface area contributed by atoms with Crippen molar-refractivity contribution < 1.29 is 9.53 Å². The molecule has 108 valence electrons. The summed E-state index contributed by atoms with van der Waals surface area (Å²) in [6, 6.07) is 13.8. The number of ether oxygens (including phenoxy) is 1. The summed E-state index contributed by atoms with van der Waals surface area (Å²) in [4.78, 5) is 11.6. The topological polar surface area (TPSA) is 38.3 Å². The molecule has 4 heteroatoms. The minimum atomic E-state index is -0.319. The van der Waals surface area contributed by atoms with Gasteiger partial charge in [-0.2, -0.15) is 0 Å². The Morgan fingerprint density at radius 2 is 2.00 bits per heavy atom. The fourth-order valence-corrected chi connectivity index (χ4v) is 2.97. The number of benzene rings is 2. The van der Waals surface area contributed by atoms with E-state index in [2.05, 4.69) is 11.4 Å². The van der Waals surface area contributed by atoms with E-state index in [0.29, 0.717) is 11.6 Å². The number of rotatable bonds is 3. The third-order valence-electron chi connectivity index (χ3n) is 3.76. The molecule has 0 bridgehead atoms. The molecule has 1 N–H and O–H groups in total. The smallest absolute Gasteiger partial charge is 0.337 e. The second-order valence-corrected chi connectivity index (χ2v) is 5.67. The van der Waals surface area contributed by atoms with Crippen LogP contribution in [0.15, 0.2) is 42.5 Å². The van der Waals surface area contributed by atoms with E-state index < -0.39 is 0 Å². The highest BCUT2D eigenvalue weighted by Gasteiger charge is 2.21. The van der Waals surface area contributed by atoms with Crippen molar-refractivity contribution in [3.05, 3.63) is 64.2 Å². The molecule has 0 saturated heterocycles. The van der Waals surface area contributed by atoms with Crippen molar-refractivity contribution >= 4 is 23.3 Å². The molecule has 21 heavy (non-hydrogen) atoms. The maximum atomic E-state index is 11.6. The van der Waals surface area contributed by atoms with Gasteiger partial charge < -0.3 is 10.1 Å². The average Bonchev–Trinajstić information content (AvgIpc) is 2.88. The minimum absolute atomic E-state index is 0.319. The van der Waals surface area contributed by atoms with Crippen molar-refractivity contribution in [2.45, 2.75) is 18.9 Å². The lowest BCUT2D eigenvalue weighted by atomic mass is 10.1.